The quantitative estimate of drug-likeness (QED) is 0.851. The molecule has 1 aliphatic rings. The normalized spacial score (nSPS) is 17.2. The van der Waals surface area contributed by atoms with E-state index in [4.69, 9.17) is 5.11 Å². The molecule has 1 fully saturated rings. The van der Waals surface area contributed by atoms with Crippen LogP contribution in [0.5, 0.6) is 0 Å². The van der Waals surface area contributed by atoms with E-state index in [0.29, 0.717) is 0 Å². The van der Waals surface area contributed by atoms with Crippen LogP contribution in [0.15, 0.2) is 18.3 Å². The van der Waals surface area contributed by atoms with Crippen molar-refractivity contribution in [2.75, 3.05) is 44.2 Å². The Bertz CT molecular complexity index is 436. The third-order valence-electron chi connectivity index (χ3n) is 3.76. The van der Waals surface area contributed by atoms with Gasteiger partial charge in [-0.25, -0.2) is 4.98 Å². The number of nitrogens with zero attached hydrogens (tertiary/aromatic N) is 3. The van der Waals surface area contributed by atoms with Gasteiger partial charge in [0.15, 0.2) is 0 Å². The zero-order valence-corrected chi connectivity index (χ0v) is 13.5. The van der Waals surface area contributed by atoms with Crippen molar-refractivity contribution < 1.29 is 5.11 Å². The van der Waals surface area contributed by atoms with Crippen LogP contribution < -0.4 is 10.2 Å². The summed E-state index contributed by atoms with van der Waals surface area (Å²) in [5.41, 5.74) is 1.36. The zero-order chi connectivity index (χ0) is 15.3. The monoisotopic (exact) mass is 292 g/mol. The highest BCUT2D eigenvalue weighted by atomic mass is 16.3. The fourth-order valence-electron chi connectivity index (χ4n) is 2.54. The molecule has 0 aromatic carbocycles. The highest BCUT2D eigenvalue weighted by molar-refractivity contribution is 5.47. The molecule has 2 N–H and O–H groups in total. The molecule has 0 radical (unpaired) electrons. The molecular formula is C16H28N4O. The van der Waals surface area contributed by atoms with Crippen LogP contribution >= 0.6 is 0 Å². The van der Waals surface area contributed by atoms with Crippen LogP contribution in [0.2, 0.25) is 0 Å². The van der Waals surface area contributed by atoms with E-state index in [1.54, 1.807) is 0 Å². The lowest BCUT2D eigenvalue weighted by Gasteiger charge is -2.36. The lowest BCUT2D eigenvalue weighted by atomic mass is 10.1. The minimum absolute atomic E-state index is 0.104. The van der Waals surface area contributed by atoms with E-state index in [0.717, 1.165) is 45.1 Å². The first kappa shape index (κ1) is 16.2. The van der Waals surface area contributed by atoms with E-state index in [2.05, 4.69) is 46.9 Å². The molecule has 0 bridgehead atoms. The Kier molecular flexibility index (Phi) is 5.56. The Morgan fingerprint density at radius 3 is 2.57 bits per heavy atom. The molecule has 0 spiro atoms. The van der Waals surface area contributed by atoms with Crippen LogP contribution in [0.1, 0.15) is 26.3 Å². The highest BCUT2D eigenvalue weighted by Crippen LogP contribution is 2.19. The molecule has 0 amide bonds. The first-order valence-electron chi connectivity index (χ1n) is 7.77. The van der Waals surface area contributed by atoms with Gasteiger partial charge in [-0.3, -0.25) is 4.90 Å². The smallest absolute Gasteiger partial charge is 0.133 e. The summed E-state index contributed by atoms with van der Waals surface area (Å²) in [6.45, 7) is 12.3. The third-order valence-corrected chi connectivity index (χ3v) is 3.76. The SMILES string of the molecule is CC(C)(C)NCc1cccnc1N1CCN(CCO)CC1. The van der Waals surface area contributed by atoms with Crippen molar-refractivity contribution in [1.29, 1.82) is 0 Å². The number of piperazine rings is 1. The Balaban J connectivity index is 2.00. The van der Waals surface area contributed by atoms with Gasteiger partial charge in [-0.15, -0.1) is 0 Å². The molecule has 1 aromatic heterocycles. The molecule has 0 unspecified atom stereocenters. The lowest BCUT2D eigenvalue weighted by Crippen LogP contribution is -2.48. The maximum absolute atomic E-state index is 9.02. The van der Waals surface area contributed by atoms with E-state index in [1.807, 2.05) is 12.3 Å². The van der Waals surface area contributed by atoms with Crippen molar-refractivity contribution in [3.8, 4) is 0 Å². The van der Waals surface area contributed by atoms with Crippen molar-refractivity contribution in [3.63, 3.8) is 0 Å². The summed E-state index contributed by atoms with van der Waals surface area (Å²) in [6, 6.07) is 4.16. The fourth-order valence-corrected chi connectivity index (χ4v) is 2.54. The summed E-state index contributed by atoms with van der Waals surface area (Å²) >= 11 is 0. The van der Waals surface area contributed by atoms with Gasteiger partial charge in [0, 0.05) is 56.6 Å². The number of rotatable bonds is 5. The van der Waals surface area contributed by atoms with Crippen LogP contribution in [-0.2, 0) is 6.54 Å². The summed E-state index contributed by atoms with van der Waals surface area (Å²) in [5, 5.41) is 12.6. The van der Waals surface area contributed by atoms with Crippen LogP contribution in [-0.4, -0.2) is 59.9 Å². The van der Waals surface area contributed by atoms with E-state index in [1.165, 1.54) is 5.56 Å². The van der Waals surface area contributed by atoms with E-state index in [9.17, 15) is 0 Å². The third kappa shape index (κ3) is 4.95. The number of anilines is 1. The molecule has 1 saturated heterocycles. The van der Waals surface area contributed by atoms with Gasteiger partial charge >= 0.3 is 0 Å². The number of aliphatic hydroxyl groups is 1. The van der Waals surface area contributed by atoms with Gasteiger partial charge in [0.1, 0.15) is 5.82 Å². The maximum Gasteiger partial charge on any atom is 0.133 e. The van der Waals surface area contributed by atoms with E-state index >= 15 is 0 Å². The summed E-state index contributed by atoms with van der Waals surface area (Å²) in [5.74, 6) is 1.10. The molecule has 2 heterocycles. The molecule has 118 valence electrons. The second-order valence-electron chi connectivity index (χ2n) is 6.64. The topological polar surface area (TPSA) is 51.6 Å². The summed E-state index contributed by atoms with van der Waals surface area (Å²) in [4.78, 5) is 9.24. The number of aromatic nitrogens is 1. The van der Waals surface area contributed by atoms with Crippen molar-refractivity contribution in [1.82, 2.24) is 15.2 Å². The van der Waals surface area contributed by atoms with E-state index < -0.39 is 0 Å². The summed E-state index contributed by atoms with van der Waals surface area (Å²) in [7, 11) is 0. The minimum Gasteiger partial charge on any atom is -0.395 e. The molecule has 0 aliphatic carbocycles. The van der Waals surface area contributed by atoms with Gasteiger partial charge in [-0.05, 0) is 26.8 Å². The molecule has 0 saturated carbocycles. The minimum atomic E-state index is 0.104. The van der Waals surface area contributed by atoms with Crippen molar-refractivity contribution in [2.24, 2.45) is 0 Å². The first-order chi connectivity index (χ1) is 9.99. The number of hydrogen-bond donors (Lipinski definition) is 2. The molecule has 1 aliphatic heterocycles. The van der Waals surface area contributed by atoms with Crippen LogP contribution in [0.25, 0.3) is 0 Å². The zero-order valence-electron chi connectivity index (χ0n) is 13.5. The van der Waals surface area contributed by atoms with Crippen LogP contribution in [0.4, 0.5) is 5.82 Å². The number of β-amino-alcohol motifs (C(OH)–C–C–N with tert-alkyl or cyclic N) is 1. The predicted molar refractivity (Wildman–Crippen MR) is 86.6 cm³/mol. The predicted octanol–water partition coefficient (Wildman–Crippen LogP) is 1.08. The number of nitrogens with one attached hydrogen (secondary N) is 1. The Labute approximate surface area is 128 Å². The second kappa shape index (κ2) is 7.20. The van der Waals surface area contributed by atoms with Gasteiger partial charge in [-0.2, -0.15) is 0 Å². The summed E-state index contributed by atoms with van der Waals surface area (Å²) < 4.78 is 0. The Morgan fingerprint density at radius 1 is 1.24 bits per heavy atom. The fraction of sp³-hybridized carbons (Fsp3) is 0.688. The second-order valence-corrected chi connectivity index (χ2v) is 6.64. The average Bonchev–Trinajstić information content (AvgIpc) is 2.46. The van der Waals surface area contributed by atoms with Gasteiger partial charge in [0.2, 0.25) is 0 Å². The highest BCUT2D eigenvalue weighted by Gasteiger charge is 2.20. The molecule has 21 heavy (non-hydrogen) atoms. The Hall–Kier alpha value is -1.17. The first-order valence-corrected chi connectivity index (χ1v) is 7.77. The molecule has 1 aromatic rings. The van der Waals surface area contributed by atoms with Crippen LogP contribution in [0, 0.1) is 0 Å². The summed E-state index contributed by atoms with van der Waals surface area (Å²) in [6.07, 6.45) is 1.87. The number of pyridine rings is 1. The molecule has 5 heteroatoms. The van der Waals surface area contributed by atoms with Gasteiger partial charge in [0.25, 0.3) is 0 Å². The maximum atomic E-state index is 9.02. The standard InChI is InChI=1S/C16H28N4O/c1-16(2,3)18-13-14-5-4-6-17-15(14)20-9-7-19(8-10-20)11-12-21/h4-6,18,21H,7-13H2,1-3H3. The largest absolute Gasteiger partial charge is 0.395 e. The van der Waals surface area contributed by atoms with Crippen molar-refractivity contribution in [2.45, 2.75) is 32.9 Å². The van der Waals surface area contributed by atoms with Crippen LogP contribution in [0.3, 0.4) is 0 Å². The van der Waals surface area contributed by atoms with Gasteiger partial charge in [-0.1, -0.05) is 6.07 Å². The molecular weight excluding hydrogens is 264 g/mol. The van der Waals surface area contributed by atoms with E-state index in [-0.39, 0.29) is 12.1 Å². The number of hydrogen-bond acceptors (Lipinski definition) is 5. The van der Waals surface area contributed by atoms with Gasteiger partial charge < -0.3 is 15.3 Å². The van der Waals surface area contributed by atoms with Crippen molar-refractivity contribution >= 4 is 5.82 Å². The molecule has 2 rings (SSSR count). The van der Waals surface area contributed by atoms with Crippen molar-refractivity contribution in [3.05, 3.63) is 23.9 Å². The lowest BCUT2D eigenvalue weighted by molar-refractivity contribution is 0.188. The van der Waals surface area contributed by atoms with Gasteiger partial charge in [0.05, 0.1) is 6.61 Å². The number of aliphatic hydroxyl groups excluding tert-OH is 1. The molecule has 0 atom stereocenters. The average molecular weight is 292 g/mol. The molecule has 5 nitrogen and oxygen atoms in total. The Morgan fingerprint density at radius 2 is 1.95 bits per heavy atom.